The molecule has 31 heavy (non-hydrogen) atoms. The number of carbonyl (C=O) groups is 2. The summed E-state index contributed by atoms with van der Waals surface area (Å²) in [5, 5.41) is 12.0. The molecule has 0 spiro atoms. The van der Waals surface area contributed by atoms with Gasteiger partial charge in [0.25, 0.3) is 0 Å². The van der Waals surface area contributed by atoms with Crippen molar-refractivity contribution in [3.05, 3.63) is 59.3 Å². The molecule has 0 radical (unpaired) electrons. The smallest absolute Gasteiger partial charge is 0.352 e. The van der Waals surface area contributed by atoms with Crippen LogP contribution in [0, 0.1) is 12.8 Å². The van der Waals surface area contributed by atoms with Crippen molar-refractivity contribution in [3.8, 4) is 17.2 Å². The van der Waals surface area contributed by atoms with Gasteiger partial charge in [-0.3, -0.25) is 4.79 Å². The zero-order chi connectivity index (χ0) is 22.2. The average Bonchev–Trinajstić information content (AvgIpc) is 3.28. The predicted octanol–water partition coefficient (Wildman–Crippen LogP) is 5.31. The van der Waals surface area contributed by atoms with E-state index in [9.17, 15) is 14.7 Å². The topological polar surface area (TPSA) is 84.9 Å². The minimum atomic E-state index is -1.17. The highest BCUT2D eigenvalue weighted by Crippen LogP contribution is 2.32. The molecule has 1 aliphatic rings. The van der Waals surface area contributed by atoms with E-state index in [1.807, 2.05) is 25.1 Å². The highest BCUT2D eigenvalue weighted by atomic mass is 16.5. The van der Waals surface area contributed by atoms with Crippen LogP contribution >= 0.6 is 0 Å². The number of carboxylic acid groups (broad SMARTS) is 1. The molecule has 3 rings (SSSR count). The minimum Gasteiger partial charge on any atom is -0.493 e. The van der Waals surface area contributed by atoms with Crippen LogP contribution < -0.4 is 14.8 Å². The number of methoxy groups -OCH3 is 1. The molecule has 0 heterocycles. The number of hydrogen-bond donors (Lipinski definition) is 2. The molecular formula is C25H29NO5. The van der Waals surface area contributed by atoms with Crippen LogP contribution in [0.2, 0.25) is 0 Å². The average molecular weight is 424 g/mol. The second kappa shape index (κ2) is 10.7. The number of benzene rings is 2. The third-order valence-corrected chi connectivity index (χ3v) is 5.50. The first-order valence-corrected chi connectivity index (χ1v) is 10.6. The number of nitrogens with one attached hydrogen (secondary N) is 1. The molecule has 6 nitrogen and oxygen atoms in total. The molecular weight excluding hydrogens is 394 g/mol. The zero-order valence-electron chi connectivity index (χ0n) is 18.0. The lowest BCUT2D eigenvalue weighted by Gasteiger charge is -2.11. The summed E-state index contributed by atoms with van der Waals surface area (Å²) in [6.45, 7) is 1.97. The lowest BCUT2D eigenvalue weighted by molar-refractivity contribution is -0.134. The van der Waals surface area contributed by atoms with Crippen molar-refractivity contribution in [3.63, 3.8) is 0 Å². The van der Waals surface area contributed by atoms with E-state index in [1.165, 1.54) is 18.9 Å². The molecule has 0 aromatic heterocycles. The monoisotopic (exact) mass is 423 g/mol. The molecule has 6 heteroatoms. The first kappa shape index (κ1) is 22.4. The Labute approximate surface area is 182 Å². The number of ether oxygens (including phenoxy) is 2. The standard InChI is InChI=1S/C25H29NO5/c1-17-7-13-22(23(15-17)30-2)31-20-11-8-19(9-12-20)16-21(25(28)29)26-24(27)14-10-18-5-3-4-6-18/h7-9,11-13,15-16,18H,3-6,10,14H2,1-2H3,(H,26,27)(H,28,29)/b21-16+. The summed E-state index contributed by atoms with van der Waals surface area (Å²) in [5.74, 6) is 0.986. The van der Waals surface area contributed by atoms with Gasteiger partial charge in [-0.25, -0.2) is 4.79 Å². The largest absolute Gasteiger partial charge is 0.493 e. The third-order valence-electron chi connectivity index (χ3n) is 5.50. The van der Waals surface area contributed by atoms with Crippen LogP contribution in [0.15, 0.2) is 48.2 Å². The van der Waals surface area contributed by atoms with E-state index < -0.39 is 5.97 Å². The fourth-order valence-electron chi connectivity index (χ4n) is 3.78. The Morgan fingerprint density at radius 2 is 1.81 bits per heavy atom. The number of rotatable bonds is 9. The normalized spacial score (nSPS) is 14.3. The van der Waals surface area contributed by atoms with E-state index in [2.05, 4.69) is 5.32 Å². The number of carboxylic acids is 1. The first-order valence-electron chi connectivity index (χ1n) is 10.6. The molecule has 1 aliphatic carbocycles. The summed E-state index contributed by atoms with van der Waals surface area (Å²) in [5.41, 5.74) is 1.58. The number of hydrogen-bond acceptors (Lipinski definition) is 4. The van der Waals surface area contributed by atoms with E-state index in [4.69, 9.17) is 9.47 Å². The fourth-order valence-corrected chi connectivity index (χ4v) is 3.78. The van der Waals surface area contributed by atoms with Crippen LogP contribution in [-0.2, 0) is 9.59 Å². The highest BCUT2D eigenvalue weighted by molar-refractivity contribution is 5.96. The van der Waals surface area contributed by atoms with Crippen LogP contribution in [-0.4, -0.2) is 24.1 Å². The Balaban J connectivity index is 1.63. The summed E-state index contributed by atoms with van der Waals surface area (Å²) in [6, 6.07) is 12.6. The summed E-state index contributed by atoms with van der Waals surface area (Å²) in [6.07, 6.45) is 7.39. The summed E-state index contributed by atoms with van der Waals surface area (Å²) < 4.78 is 11.2. The fraction of sp³-hybridized carbons (Fsp3) is 0.360. The van der Waals surface area contributed by atoms with Crippen LogP contribution in [0.5, 0.6) is 17.2 Å². The molecule has 2 aromatic rings. The summed E-state index contributed by atoms with van der Waals surface area (Å²) >= 11 is 0. The van der Waals surface area contributed by atoms with Gasteiger partial charge in [0, 0.05) is 6.42 Å². The summed E-state index contributed by atoms with van der Waals surface area (Å²) in [4.78, 5) is 23.8. The van der Waals surface area contributed by atoms with Crippen molar-refractivity contribution < 1.29 is 24.2 Å². The molecule has 1 amide bonds. The molecule has 1 saturated carbocycles. The van der Waals surface area contributed by atoms with Gasteiger partial charge in [-0.05, 0) is 60.7 Å². The van der Waals surface area contributed by atoms with E-state index in [1.54, 1.807) is 31.4 Å². The van der Waals surface area contributed by atoms with Gasteiger partial charge in [-0.15, -0.1) is 0 Å². The SMILES string of the molecule is COc1cc(C)ccc1Oc1ccc(/C=C(/NC(=O)CCC2CCCC2)C(=O)O)cc1. The first-order chi connectivity index (χ1) is 14.9. The van der Waals surface area contributed by atoms with E-state index >= 15 is 0 Å². The van der Waals surface area contributed by atoms with Crippen LogP contribution in [0.25, 0.3) is 6.08 Å². The molecule has 164 valence electrons. The van der Waals surface area contributed by atoms with Crippen LogP contribution in [0.3, 0.4) is 0 Å². The van der Waals surface area contributed by atoms with Gasteiger partial charge in [0.2, 0.25) is 5.91 Å². The van der Waals surface area contributed by atoms with Gasteiger partial charge in [-0.2, -0.15) is 0 Å². The van der Waals surface area contributed by atoms with Crippen LogP contribution in [0.4, 0.5) is 0 Å². The Morgan fingerprint density at radius 1 is 1.10 bits per heavy atom. The number of aliphatic carboxylic acids is 1. The van der Waals surface area contributed by atoms with Crippen molar-refractivity contribution in [1.82, 2.24) is 5.32 Å². The maximum absolute atomic E-state index is 12.2. The van der Waals surface area contributed by atoms with E-state index in [-0.39, 0.29) is 11.6 Å². The lowest BCUT2D eigenvalue weighted by Crippen LogP contribution is -2.27. The number of amides is 1. The second-order valence-corrected chi connectivity index (χ2v) is 7.93. The van der Waals surface area contributed by atoms with E-state index in [0.717, 1.165) is 24.8 Å². The van der Waals surface area contributed by atoms with Gasteiger partial charge in [0.05, 0.1) is 7.11 Å². The van der Waals surface area contributed by atoms with Crippen molar-refractivity contribution in [1.29, 1.82) is 0 Å². The van der Waals surface area contributed by atoms with Gasteiger partial charge in [0.15, 0.2) is 11.5 Å². The van der Waals surface area contributed by atoms with Gasteiger partial charge in [-0.1, -0.05) is 43.9 Å². The van der Waals surface area contributed by atoms with Crippen molar-refractivity contribution >= 4 is 18.0 Å². The van der Waals surface area contributed by atoms with Crippen molar-refractivity contribution in [2.24, 2.45) is 5.92 Å². The maximum Gasteiger partial charge on any atom is 0.352 e. The Bertz CT molecular complexity index is 943. The molecule has 2 aromatic carbocycles. The van der Waals surface area contributed by atoms with Crippen molar-refractivity contribution in [2.45, 2.75) is 45.4 Å². The quantitative estimate of drug-likeness (QED) is 0.534. The maximum atomic E-state index is 12.2. The van der Waals surface area contributed by atoms with Crippen LogP contribution in [0.1, 0.15) is 49.7 Å². The Kier molecular flexibility index (Phi) is 7.70. The molecule has 0 aliphatic heterocycles. The lowest BCUT2D eigenvalue weighted by atomic mass is 10.0. The summed E-state index contributed by atoms with van der Waals surface area (Å²) in [7, 11) is 1.59. The van der Waals surface area contributed by atoms with Gasteiger partial charge >= 0.3 is 5.97 Å². The predicted molar refractivity (Wildman–Crippen MR) is 119 cm³/mol. The second-order valence-electron chi connectivity index (χ2n) is 7.93. The number of carbonyl (C=O) groups excluding carboxylic acids is 1. The minimum absolute atomic E-state index is 0.134. The van der Waals surface area contributed by atoms with Gasteiger partial charge in [0.1, 0.15) is 11.4 Å². The van der Waals surface area contributed by atoms with Gasteiger partial charge < -0.3 is 19.9 Å². The Morgan fingerprint density at radius 3 is 2.45 bits per heavy atom. The third kappa shape index (κ3) is 6.60. The Hall–Kier alpha value is -3.28. The molecule has 0 bridgehead atoms. The zero-order valence-corrected chi connectivity index (χ0v) is 18.0. The number of aryl methyl sites for hydroxylation is 1. The molecule has 1 fully saturated rings. The molecule has 2 N–H and O–H groups in total. The molecule has 0 saturated heterocycles. The van der Waals surface area contributed by atoms with Crippen molar-refractivity contribution in [2.75, 3.05) is 7.11 Å². The van der Waals surface area contributed by atoms with E-state index in [0.29, 0.717) is 35.2 Å². The molecule has 0 atom stereocenters. The molecule has 0 unspecified atom stereocenters. The highest BCUT2D eigenvalue weighted by Gasteiger charge is 2.18.